The zero-order chi connectivity index (χ0) is 13.0. The first-order chi connectivity index (χ1) is 8.66. The van der Waals surface area contributed by atoms with Crippen molar-refractivity contribution in [1.29, 1.82) is 0 Å². The lowest BCUT2D eigenvalue weighted by atomic mass is 10.1. The van der Waals surface area contributed by atoms with Crippen LogP contribution in [0.3, 0.4) is 0 Å². The van der Waals surface area contributed by atoms with Crippen LogP contribution in [-0.2, 0) is 6.42 Å². The van der Waals surface area contributed by atoms with Crippen molar-refractivity contribution in [2.24, 2.45) is 0 Å². The van der Waals surface area contributed by atoms with E-state index in [-0.39, 0.29) is 22.9 Å². The number of aromatic amines is 1. The van der Waals surface area contributed by atoms with E-state index in [4.69, 9.17) is 0 Å². The van der Waals surface area contributed by atoms with Gasteiger partial charge in [0, 0.05) is 24.5 Å². The molecule has 0 radical (unpaired) electrons. The van der Waals surface area contributed by atoms with Crippen LogP contribution in [-0.4, -0.2) is 16.9 Å². The lowest BCUT2D eigenvalue weighted by Crippen LogP contribution is -2.36. The fourth-order valence-corrected chi connectivity index (χ4v) is 2.39. The van der Waals surface area contributed by atoms with Gasteiger partial charge in [-0.05, 0) is 35.7 Å². The molecular formula is C13H14N2O2S. The quantitative estimate of drug-likeness (QED) is 0.882. The lowest BCUT2D eigenvalue weighted by Gasteiger charge is -2.12. The summed E-state index contributed by atoms with van der Waals surface area (Å²) in [6, 6.07) is 3.37. The molecule has 0 spiro atoms. The van der Waals surface area contributed by atoms with Gasteiger partial charge in [0.25, 0.3) is 5.91 Å². The van der Waals surface area contributed by atoms with Gasteiger partial charge in [0.05, 0.1) is 0 Å². The smallest absolute Gasteiger partial charge is 0.256 e. The highest BCUT2D eigenvalue weighted by molar-refractivity contribution is 7.07. The third-order valence-corrected chi connectivity index (χ3v) is 3.30. The summed E-state index contributed by atoms with van der Waals surface area (Å²) >= 11 is 1.63. The minimum atomic E-state index is -0.334. The number of thiophene rings is 1. The third kappa shape index (κ3) is 3.07. The molecule has 1 atom stereocenters. The van der Waals surface area contributed by atoms with Gasteiger partial charge in [-0.1, -0.05) is 0 Å². The molecule has 2 heterocycles. The Balaban J connectivity index is 1.99. The van der Waals surface area contributed by atoms with Gasteiger partial charge in [0.1, 0.15) is 5.56 Å². The average Bonchev–Trinajstić information content (AvgIpc) is 2.82. The SMILES string of the molecule is CC(Cc1ccsc1)NC(=O)c1c[nH]ccc1=O. The predicted octanol–water partition coefficient (Wildman–Crippen LogP) is 1.80. The van der Waals surface area contributed by atoms with E-state index < -0.39 is 0 Å². The minimum Gasteiger partial charge on any atom is -0.367 e. The number of carbonyl (C=O) groups excluding carboxylic acids is 1. The maximum absolute atomic E-state index is 11.9. The molecule has 4 nitrogen and oxygen atoms in total. The van der Waals surface area contributed by atoms with E-state index in [0.29, 0.717) is 0 Å². The maximum Gasteiger partial charge on any atom is 0.256 e. The molecule has 2 aromatic rings. The Morgan fingerprint density at radius 1 is 1.50 bits per heavy atom. The number of carbonyl (C=O) groups is 1. The molecule has 0 saturated heterocycles. The van der Waals surface area contributed by atoms with E-state index >= 15 is 0 Å². The Morgan fingerprint density at radius 2 is 2.33 bits per heavy atom. The van der Waals surface area contributed by atoms with Crippen molar-refractivity contribution in [2.75, 3.05) is 0 Å². The molecule has 2 rings (SSSR count). The van der Waals surface area contributed by atoms with Crippen LogP contribution in [0.1, 0.15) is 22.8 Å². The summed E-state index contributed by atoms with van der Waals surface area (Å²) in [5, 5.41) is 6.88. The van der Waals surface area contributed by atoms with Crippen LogP contribution in [0, 0.1) is 0 Å². The first-order valence-corrected chi connectivity index (χ1v) is 6.60. The highest BCUT2D eigenvalue weighted by Gasteiger charge is 2.12. The molecule has 0 saturated carbocycles. The van der Waals surface area contributed by atoms with Crippen LogP contribution in [0.15, 0.2) is 40.1 Å². The molecule has 1 unspecified atom stereocenters. The number of rotatable bonds is 4. The molecule has 2 aromatic heterocycles. The number of pyridine rings is 1. The molecule has 0 bridgehead atoms. The molecule has 18 heavy (non-hydrogen) atoms. The summed E-state index contributed by atoms with van der Waals surface area (Å²) in [5.74, 6) is -0.334. The molecule has 0 aliphatic carbocycles. The van der Waals surface area contributed by atoms with Crippen LogP contribution < -0.4 is 10.7 Å². The average molecular weight is 262 g/mol. The maximum atomic E-state index is 11.9. The first-order valence-electron chi connectivity index (χ1n) is 5.66. The number of nitrogens with one attached hydrogen (secondary N) is 2. The summed E-state index contributed by atoms with van der Waals surface area (Å²) in [7, 11) is 0. The normalized spacial score (nSPS) is 12.1. The van der Waals surface area contributed by atoms with Crippen LogP contribution in [0.2, 0.25) is 0 Å². The Kier molecular flexibility index (Phi) is 3.94. The van der Waals surface area contributed by atoms with Gasteiger partial charge in [-0.15, -0.1) is 0 Å². The van der Waals surface area contributed by atoms with Crippen molar-refractivity contribution >= 4 is 17.2 Å². The minimum absolute atomic E-state index is 0.00768. The Morgan fingerprint density at radius 3 is 3.00 bits per heavy atom. The van der Waals surface area contributed by atoms with Gasteiger partial charge in [-0.25, -0.2) is 0 Å². The summed E-state index contributed by atoms with van der Waals surface area (Å²) in [6.07, 6.45) is 3.70. The van der Waals surface area contributed by atoms with Crippen molar-refractivity contribution < 1.29 is 4.79 Å². The van der Waals surface area contributed by atoms with Gasteiger partial charge in [0.15, 0.2) is 5.43 Å². The molecule has 0 fully saturated rings. The van der Waals surface area contributed by atoms with Gasteiger partial charge in [-0.3, -0.25) is 9.59 Å². The van der Waals surface area contributed by atoms with Crippen LogP contribution in [0.4, 0.5) is 0 Å². The van der Waals surface area contributed by atoms with E-state index in [1.807, 2.05) is 18.4 Å². The fourth-order valence-electron chi connectivity index (χ4n) is 1.71. The number of hydrogen-bond donors (Lipinski definition) is 2. The highest BCUT2D eigenvalue weighted by Crippen LogP contribution is 2.08. The summed E-state index contributed by atoms with van der Waals surface area (Å²) < 4.78 is 0. The van der Waals surface area contributed by atoms with E-state index in [9.17, 15) is 9.59 Å². The molecule has 5 heteroatoms. The number of amides is 1. The van der Waals surface area contributed by atoms with Crippen molar-refractivity contribution in [3.8, 4) is 0 Å². The summed E-state index contributed by atoms with van der Waals surface area (Å²) in [5.41, 5.74) is 1.07. The van der Waals surface area contributed by atoms with Crippen molar-refractivity contribution in [2.45, 2.75) is 19.4 Å². The number of aromatic nitrogens is 1. The van der Waals surface area contributed by atoms with E-state index in [0.717, 1.165) is 6.42 Å². The number of H-pyrrole nitrogens is 1. The van der Waals surface area contributed by atoms with E-state index in [1.165, 1.54) is 24.0 Å². The second-order valence-corrected chi connectivity index (χ2v) is 4.91. The van der Waals surface area contributed by atoms with Crippen molar-refractivity contribution in [1.82, 2.24) is 10.3 Å². The zero-order valence-electron chi connectivity index (χ0n) is 9.97. The lowest BCUT2D eigenvalue weighted by molar-refractivity contribution is 0.0938. The first kappa shape index (κ1) is 12.6. The highest BCUT2D eigenvalue weighted by atomic mass is 32.1. The zero-order valence-corrected chi connectivity index (χ0v) is 10.8. The number of hydrogen-bond acceptors (Lipinski definition) is 3. The van der Waals surface area contributed by atoms with Crippen molar-refractivity contribution in [3.63, 3.8) is 0 Å². The third-order valence-electron chi connectivity index (χ3n) is 2.57. The molecule has 0 aliphatic rings. The standard InChI is InChI=1S/C13H14N2O2S/c1-9(6-10-3-5-18-8-10)15-13(17)11-7-14-4-2-12(11)16/h2-5,7-9H,6H2,1H3,(H,14,16)(H,15,17). The Hall–Kier alpha value is -1.88. The monoisotopic (exact) mass is 262 g/mol. The molecule has 0 aromatic carbocycles. The van der Waals surface area contributed by atoms with Gasteiger partial charge >= 0.3 is 0 Å². The van der Waals surface area contributed by atoms with Crippen LogP contribution >= 0.6 is 11.3 Å². The van der Waals surface area contributed by atoms with E-state index in [2.05, 4.69) is 15.7 Å². The molecule has 1 amide bonds. The molecular weight excluding hydrogens is 248 g/mol. The topological polar surface area (TPSA) is 62.0 Å². The van der Waals surface area contributed by atoms with Gasteiger partial charge < -0.3 is 10.3 Å². The Bertz CT molecular complexity index is 575. The van der Waals surface area contributed by atoms with Crippen LogP contribution in [0.25, 0.3) is 0 Å². The second-order valence-electron chi connectivity index (χ2n) is 4.13. The summed E-state index contributed by atoms with van der Waals surface area (Å²) in [6.45, 7) is 1.92. The van der Waals surface area contributed by atoms with Gasteiger partial charge in [-0.2, -0.15) is 11.3 Å². The van der Waals surface area contributed by atoms with Gasteiger partial charge in [0.2, 0.25) is 0 Å². The second kappa shape index (κ2) is 5.64. The molecule has 0 aliphatic heterocycles. The largest absolute Gasteiger partial charge is 0.367 e. The fraction of sp³-hybridized carbons (Fsp3) is 0.231. The molecule has 94 valence electrons. The predicted molar refractivity (Wildman–Crippen MR) is 72.0 cm³/mol. The van der Waals surface area contributed by atoms with Crippen molar-refractivity contribution in [3.05, 3.63) is 56.6 Å². The Labute approximate surface area is 109 Å². The van der Waals surface area contributed by atoms with Crippen LogP contribution in [0.5, 0.6) is 0 Å². The van der Waals surface area contributed by atoms with E-state index in [1.54, 1.807) is 11.3 Å². The summed E-state index contributed by atoms with van der Waals surface area (Å²) in [4.78, 5) is 26.1. The molecule has 2 N–H and O–H groups in total.